The molecule has 2 heterocycles. The Bertz CT molecular complexity index is 1110. The van der Waals surface area contributed by atoms with Gasteiger partial charge in [-0.05, 0) is 42.0 Å². The fraction of sp³-hybridized carbons (Fsp3) is 0.391. The van der Waals surface area contributed by atoms with Crippen LogP contribution in [-0.2, 0) is 9.59 Å². The van der Waals surface area contributed by atoms with Crippen LogP contribution >= 0.6 is 0 Å². The summed E-state index contributed by atoms with van der Waals surface area (Å²) in [5, 5.41) is 7.83. The van der Waals surface area contributed by atoms with Gasteiger partial charge in [0.15, 0.2) is 5.78 Å². The number of aromatic nitrogens is 2. The normalized spacial score (nSPS) is 19.6. The summed E-state index contributed by atoms with van der Waals surface area (Å²) in [6, 6.07) is 6.68. The van der Waals surface area contributed by atoms with Gasteiger partial charge in [-0.2, -0.15) is 9.78 Å². The van der Waals surface area contributed by atoms with Crippen molar-refractivity contribution in [1.82, 2.24) is 9.78 Å². The van der Waals surface area contributed by atoms with Crippen LogP contribution in [0.1, 0.15) is 68.2 Å². The predicted molar refractivity (Wildman–Crippen MR) is 112 cm³/mol. The molecule has 1 aromatic heterocycles. The van der Waals surface area contributed by atoms with Crippen molar-refractivity contribution in [2.45, 2.75) is 53.5 Å². The maximum absolute atomic E-state index is 13.2. The van der Waals surface area contributed by atoms with Crippen molar-refractivity contribution in [2.24, 2.45) is 5.41 Å². The number of fused-ring (bicyclic) bond motifs is 2. The van der Waals surface area contributed by atoms with Gasteiger partial charge in [-0.3, -0.25) is 14.4 Å². The first-order valence-electron chi connectivity index (χ1n) is 9.99. The number of allylic oxidation sites excluding steroid dienone is 1. The van der Waals surface area contributed by atoms with Crippen LogP contribution in [0.5, 0.6) is 5.75 Å². The Morgan fingerprint density at radius 2 is 1.83 bits per heavy atom. The topological polar surface area (TPSA) is 90.3 Å². The molecule has 0 saturated heterocycles. The summed E-state index contributed by atoms with van der Waals surface area (Å²) in [6.07, 6.45) is 1.19. The van der Waals surface area contributed by atoms with Crippen molar-refractivity contribution < 1.29 is 19.1 Å². The van der Waals surface area contributed by atoms with Gasteiger partial charge < -0.3 is 10.1 Å². The molecular formula is C23H25N3O4. The van der Waals surface area contributed by atoms with Crippen LogP contribution in [0.25, 0.3) is 5.57 Å². The summed E-state index contributed by atoms with van der Waals surface area (Å²) in [4.78, 5) is 36.6. The second-order valence-corrected chi connectivity index (χ2v) is 8.81. The largest absolute Gasteiger partial charge is 0.427 e. The van der Waals surface area contributed by atoms with Crippen molar-refractivity contribution in [3.63, 3.8) is 0 Å². The Balaban J connectivity index is 1.88. The standard InChI is InChI=1S/C23H25N3O4/c1-12-19-17-10-23(4,5)11-18(29)20(17)21(24-22(19)26(25-12)13(2)27)15-6-8-16(9-7-15)30-14(3)28/h6-9,21,24H,10-11H2,1-5H3. The minimum atomic E-state index is -0.406. The van der Waals surface area contributed by atoms with Crippen molar-refractivity contribution >= 4 is 29.1 Å². The van der Waals surface area contributed by atoms with Crippen LogP contribution in [0.2, 0.25) is 0 Å². The van der Waals surface area contributed by atoms with Gasteiger partial charge in [0.1, 0.15) is 11.6 Å². The maximum atomic E-state index is 13.2. The molecule has 0 fully saturated rings. The third kappa shape index (κ3) is 3.34. The number of ether oxygens (including phenoxy) is 1. The number of nitrogens with zero attached hydrogens (tertiary/aromatic N) is 2. The maximum Gasteiger partial charge on any atom is 0.308 e. The smallest absolute Gasteiger partial charge is 0.308 e. The van der Waals surface area contributed by atoms with E-state index < -0.39 is 12.0 Å². The van der Waals surface area contributed by atoms with Gasteiger partial charge in [0.25, 0.3) is 0 Å². The zero-order valence-electron chi connectivity index (χ0n) is 17.8. The molecule has 0 radical (unpaired) electrons. The highest BCUT2D eigenvalue weighted by Gasteiger charge is 2.42. The number of esters is 1. The van der Waals surface area contributed by atoms with E-state index in [4.69, 9.17) is 4.74 Å². The first kappa shape index (κ1) is 20.1. The molecule has 4 rings (SSSR count). The van der Waals surface area contributed by atoms with Gasteiger partial charge in [-0.25, -0.2) is 0 Å². The van der Waals surface area contributed by atoms with Gasteiger partial charge >= 0.3 is 5.97 Å². The highest BCUT2D eigenvalue weighted by atomic mass is 16.5. The average Bonchev–Trinajstić information content (AvgIpc) is 2.97. The van der Waals surface area contributed by atoms with Crippen LogP contribution in [0.3, 0.4) is 0 Å². The van der Waals surface area contributed by atoms with E-state index in [1.165, 1.54) is 18.5 Å². The highest BCUT2D eigenvalue weighted by molar-refractivity contribution is 6.09. The summed E-state index contributed by atoms with van der Waals surface area (Å²) >= 11 is 0. The fourth-order valence-corrected chi connectivity index (χ4v) is 4.50. The summed E-state index contributed by atoms with van der Waals surface area (Å²) in [5.41, 5.74) is 3.96. The van der Waals surface area contributed by atoms with Crippen molar-refractivity contribution in [3.8, 4) is 5.75 Å². The lowest BCUT2D eigenvalue weighted by molar-refractivity contribution is -0.131. The zero-order valence-corrected chi connectivity index (χ0v) is 17.8. The molecule has 1 aliphatic heterocycles. The third-order valence-corrected chi connectivity index (χ3v) is 5.63. The van der Waals surface area contributed by atoms with E-state index in [9.17, 15) is 14.4 Å². The molecule has 0 spiro atoms. The second-order valence-electron chi connectivity index (χ2n) is 8.81. The molecule has 1 aromatic carbocycles. The second kappa shape index (κ2) is 6.93. The Kier molecular flexibility index (Phi) is 4.64. The average molecular weight is 407 g/mol. The lowest BCUT2D eigenvalue weighted by Gasteiger charge is -2.38. The van der Waals surface area contributed by atoms with Gasteiger partial charge in [-0.15, -0.1) is 0 Å². The summed E-state index contributed by atoms with van der Waals surface area (Å²) < 4.78 is 6.50. The quantitative estimate of drug-likeness (QED) is 0.596. The Morgan fingerprint density at radius 1 is 1.17 bits per heavy atom. The number of rotatable bonds is 2. The van der Waals surface area contributed by atoms with E-state index in [0.717, 1.165) is 34.4 Å². The Morgan fingerprint density at radius 3 is 2.43 bits per heavy atom. The molecule has 0 saturated carbocycles. The Labute approximate surface area is 175 Å². The van der Waals surface area contributed by atoms with E-state index in [2.05, 4.69) is 24.3 Å². The molecular weight excluding hydrogens is 382 g/mol. The van der Waals surface area contributed by atoms with Gasteiger partial charge in [-0.1, -0.05) is 26.0 Å². The van der Waals surface area contributed by atoms with Gasteiger partial charge in [0.2, 0.25) is 5.91 Å². The lowest BCUT2D eigenvalue weighted by atomic mass is 9.68. The molecule has 1 atom stereocenters. The van der Waals surface area contributed by atoms with Crippen LogP contribution < -0.4 is 10.1 Å². The highest BCUT2D eigenvalue weighted by Crippen LogP contribution is 2.51. The molecule has 1 N–H and O–H groups in total. The SMILES string of the molecule is CC(=O)Oc1ccc(C2Nc3c(c(C)nn3C(C)=O)C3=C2C(=O)CC(C)(C)C3)cc1. The third-order valence-electron chi connectivity index (χ3n) is 5.63. The molecule has 2 aromatic rings. The number of carbonyl (C=O) groups excluding carboxylic acids is 3. The molecule has 30 heavy (non-hydrogen) atoms. The molecule has 1 unspecified atom stereocenters. The number of Topliss-reactive ketones (excluding diaryl/α,β-unsaturated/α-hetero) is 1. The van der Waals surface area contributed by atoms with Crippen molar-refractivity contribution in [1.29, 1.82) is 0 Å². The molecule has 1 aliphatic carbocycles. The van der Waals surface area contributed by atoms with Crippen LogP contribution in [0, 0.1) is 12.3 Å². The van der Waals surface area contributed by atoms with Gasteiger partial charge in [0, 0.05) is 31.4 Å². The molecule has 156 valence electrons. The number of carbonyl (C=O) groups is 3. The number of nitrogens with one attached hydrogen (secondary N) is 1. The minimum Gasteiger partial charge on any atom is -0.427 e. The first-order chi connectivity index (χ1) is 14.1. The van der Waals surface area contributed by atoms with E-state index in [-0.39, 0.29) is 17.1 Å². The summed E-state index contributed by atoms with van der Waals surface area (Å²) in [5.74, 6) is 0.583. The number of ketones is 1. The minimum absolute atomic E-state index is 0.100. The number of hydrogen-bond acceptors (Lipinski definition) is 6. The van der Waals surface area contributed by atoms with Crippen LogP contribution in [0.15, 0.2) is 29.8 Å². The van der Waals surface area contributed by atoms with Crippen molar-refractivity contribution in [3.05, 3.63) is 46.7 Å². The molecule has 0 bridgehead atoms. The summed E-state index contributed by atoms with van der Waals surface area (Å²) in [7, 11) is 0. The van der Waals surface area contributed by atoms with Gasteiger partial charge in [0.05, 0.1) is 11.7 Å². The number of benzene rings is 1. The fourth-order valence-electron chi connectivity index (χ4n) is 4.50. The molecule has 2 aliphatic rings. The number of anilines is 1. The zero-order chi connectivity index (χ0) is 21.8. The monoisotopic (exact) mass is 407 g/mol. The van der Waals surface area contributed by atoms with E-state index in [0.29, 0.717) is 18.0 Å². The van der Waals surface area contributed by atoms with E-state index >= 15 is 0 Å². The van der Waals surface area contributed by atoms with Crippen LogP contribution in [0.4, 0.5) is 5.82 Å². The predicted octanol–water partition coefficient (Wildman–Crippen LogP) is 4.09. The molecule has 7 heteroatoms. The number of hydrogen-bond donors (Lipinski definition) is 1. The first-order valence-corrected chi connectivity index (χ1v) is 9.99. The molecule has 0 amide bonds. The summed E-state index contributed by atoms with van der Waals surface area (Å²) in [6.45, 7) is 8.86. The number of aryl methyl sites for hydroxylation is 1. The van der Waals surface area contributed by atoms with E-state index in [1.54, 1.807) is 12.1 Å². The van der Waals surface area contributed by atoms with E-state index in [1.807, 2.05) is 19.1 Å². The van der Waals surface area contributed by atoms with Crippen molar-refractivity contribution in [2.75, 3.05) is 5.32 Å². The van der Waals surface area contributed by atoms with Crippen LogP contribution in [-0.4, -0.2) is 27.4 Å². The Hall–Kier alpha value is -3.22. The lowest BCUT2D eigenvalue weighted by Crippen LogP contribution is -2.33. The molecule has 7 nitrogen and oxygen atoms in total.